The summed E-state index contributed by atoms with van der Waals surface area (Å²) in [5.74, 6) is 1.79. The summed E-state index contributed by atoms with van der Waals surface area (Å²) in [6.45, 7) is 6.28. The number of alkyl halides is 1. The minimum atomic E-state index is 0.720. The van der Waals surface area contributed by atoms with Gasteiger partial charge < -0.3 is 9.64 Å². The average molecular weight is 268 g/mol. The maximum atomic E-state index is 5.83. The van der Waals surface area contributed by atoms with Crippen LogP contribution in [0.4, 0.5) is 0 Å². The minimum Gasteiger partial charge on any atom is -0.493 e. The number of halogens is 1. The molecule has 3 heteroatoms. The van der Waals surface area contributed by atoms with Crippen molar-refractivity contribution < 1.29 is 4.74 Å². The quantitative estimate of drug-likeness (QED) is 0.704. The molecule has 1 aromatic rings. The molecule has 0 aliphatic carbocycles. The second-order valence-corrected chi connectivity index (χ2v) is 5.20. The van der Waals surface area contributed by atoms with Crippen LogP contribution in [-0.4, -0.2) is 37.0 Å². The molecule has 1 aromatic carbocycles. The topological polar surface area (TPSA) is 12.5 Å². The Hall–Kier alpha value is -0.730. The van der Waals surface area contributed by atoms with Crippen LogP contribution in [0.1, 0.15) is 24.5 Å². The zero-order chi connectivity index (χ0) is 12.8. The van der Waals surface area contributed by atoms with Crippen LogP contribution in [-0.2, 0) is 12.8 Å². The van der Waals surface area contributed by atoms with Gasteiger partial charge in [-0.3, -0.25) is 0 Å². The molecule has 0 aromatic heterocycles. The molecule has 0 saturated carbocycles. The van der Waals surface area contributed by atoms with Gasteiger partial charge in [0.2, 0.25) is 0 Å². The van der Waals surface area contributed by atoms with Gasteiger partial charge in [-0.15, -0.1) is 11.6 Å². The van der Waals surface area contributed by atoms with Gasteiger partial charge >= 0.3 is 0 Å². The molecule has 0 bridgehead atoms. The van der Waals surface area contributed by atoms with Crippen LogP contribution in [0.3, 0.4) is 0 Å². The molecular formula is C15H22ClNO. The molecule has 1 aliphatic heterocycles. The molecular weight excluding hydrogens is 246 g/mol. The van der Waals surface area contributed by atoms with Crippen LogP contribution in [0.5, 0.6) is 5.75 Å². The Morgan fingerprint density at radius 3 is 2.94 bits per heavy atom. The average Bonchev–Trinajstić information content (AvgIpc) is 2.84. The monoisotopic (exact) mass is 267 g/mol. The number of benzene rings is 1. The van der Waals surface area contributed by atoms with E-state index in [4.69, 9.17) is 16.3 Å². The molecule has 0 N–H and O–H groups in total. The highest BCUT2D eigenvalue weighted by Gasteiger charge is 2.12. The van der Waals surface area contributed by atoms with E-state index < -0.39 is 0 Å². The van der Waals surface area contributed by atoms with Gasteiger partial charge in [-0.25, -0.2) is 0 Å². The van der Waals surface area contributed by atoms with Crippen molar-refractivity contribution in [2.75, 3.05) is 32.1 Å². The van der Waals surface area contributed by atoms with E-state index in [0.29, 0.717) is 0 Å². The number of hydrogen-bond acceptors (Lipinski definition) is 2. The van der Waals surface area contributed by atoms with Crippen molar-refractivity contribution in [2.24, 2.45) is 0 Å². The van der Waals surface area contributed by atoms with E-state index in [1.54, 1.807) is 0 Å². The molecule has 1 aliphatic rings. The van der Waals surface area contributed by atoms with Crippen LogP contribution in [0.25, 0.3) is 0 Å². The summed E-state index contributed by atoms with van der Waals surface area (Å²) in [7, 11) is 0. The minimum absolute atomic E-state index is 0.720. The highest BCUT2D eigenvalue weighted by molar-refractivity contribution is 6.18. The van der Waals surface area contributed by atoms with E-state index in [1.165, 1.54) is 17.5 Å². The molecule has 2 rings (SSSR count). The summed E-state index contributed by atoms with van der Waals surface area (Å²) in [6.07, 6.45) is 3.35. The molecule has 100 valence electrons. The number of hydrogen-bond donors (Lipinski definition) is 0. The predicted octanol–water partition coefficient (Wildman–Crippen LogP) is 3.11. The second-order valence-electron chi connectivity index (χ2n) is 4.82. The summed E-state index contributed by atoms with van der Waals surface area (Å²) in [5, 5.41) is 0. The van der Waals surface area contributed by atoms with Gasteiger partial charge in [0.25, 0.3) is 0 Å². The summed E-state index contributed by atoms with van der Waals surface area (Å²) in [4.78, 5) is 2.44. The molecule has 0 saturated heterocycles. The van der Waals surface area contributed by atoms with Crippen molar-refractivity contribution in [3.63, 3.8) is 0 Å². The fraction of sp³-hybridized carbons (Fsp3) is 0.600. The highest BCUT2D eigenvalue weighted by atomic mass is 35.5. The normalized spacial score (nSPS) is 13.7. The molecule has 0 amide bonds. The maximum Gasteiger partial charge on any atom is 0.122 e. The van der Waals surface area contributed by atoms with Gasteiger partial charge in [0.1, 0.15) is 5.75 Å². The Labute approximate surface area is 115 Å². The Balaban J connectivity index is 1.88. The largest absolute Gasteiger partial charge is 0.493 e. The van der Waals surface area contributed by atoms with Gasteiger partial charge in [-0.1, -0.05) is 19.1 Å². The van der Waals surface area contributed by atoms with Gasteiger partial charge in [-0.2, -0.15) is 0 Å². The molecule has 1 heterocycles. The van der Waals surface area contributed by atoms with Crippen LogP contribution in [0, 0.1) is 0 Å². The third kappa shape index (κ3) is 3.63. The SMILES string of the molecule is CCCN(CCCl)CCc1ccc2c(c1)CCO2. The number of ether oxygens (including phenoxy) is 1. The summed E-state index contributed by atoms with van der Waals surface area (Å²) >= 11 is 5.83. The summed E-state index contributed by atoms with van der Waals surface area (Å²) in [6, 6.07) is 6.60. The molecule has 18 heavy (non-hydrogen) atoms. The number of rotatable bonds is 7. The second kappa shape index (κ2) is 7.01. The maximum absolute atomic E-state index is 5.83. The van der Waals surface area contributed by atoms with E-state index in [1.807, 2.05) is 0 Å². The Bertz CT molecular complexity index is 375. The lowest BCUT2D eigenvalue weighted by Gasteiger charge is -2.20. The van der Waals surface area contributed by atoms with Crippen molar-refractivity contribution in [2.45, 2.75) is 26.2 Å². The summed E-state index contributed by atoms with van der Waals surface area (Å²) < 4.78 is 5.53. The van der Waals surface area contributed by atoms with Crippen molar-refractivity contribution >= 4 is 11.6 Å². The van der Waals surface area contributed by atoms with Crippen LogP contribution in [0.15, 0.2) is 18.2 Å². The first-order valence-corrected chi connectivity index (χ1v) is 7.40. The van der Waals surface area contributed by atoms with Crippen molar-refractivity contribution in [3.8, 4) is 5.75 Å². The van der Waals surface area contributed by atoms with Crippen molar-refractivity contribution in [1.82, 2.24) is 4.90 Å². The smallest absolute Gasteiger partial charge is 0.122 e. The van der Waals surface area contributed by atoms with Gasteiger partial charge in [-0.05, 0) is 36.6 Å². The Morgan fingerprint density at radius 2 is 2.17 bits per heavy atom. The van der Waals surface area contributed by atoms with Crippen molar-refractivity contribution in [3.05, 3.63) is 29.3 Å². The first-order chi connectivity index (χ1) is 8.83. The number of fused-ring (bicyclic) bond motifs is 1. The molecule has 0 radical (unpaired) electrons. The Kier molecular flexibility index (Phi) is 5.33. The van der Waals surface area contributed by atoms with E-state index >= 15 is 0 Å². The van der Waals surface area contributed by atoms with E-state index in [2.05, 4.69) is 30.0 Å². The molecule has 0 spiro atoms. The van der Waals surface area contributed by atoms with Gasteiger partial charge in [0.15, 0.2) is 0 Å². The van der Waals surface area contributed by atoms with E-state index in [-0.39, 0.29) is 0 Å². The standard InChI is InChI=1S/C15H22ClNO/c1-2-8-17(10-7-16)9-5-13-3-4-15-14(12-13)6-11-18-15/h3-4,12H,2,5-11H2,1H3. The van der Waals surface area contributed by atoms with Gasteiger partial charge in [0.05, 0.1) is 6.61 Å². The first kappa shape index (κ1) is 13.7. The lowest BCUT2D eigenvalue weighted by Crippen LogP contribution is -2.28. The molecule has 0 atom stereocenters. The predicted molar refractivity (Wildman–Crippen MR) is 76.8 cm³/mol. The van der Waals surface area contributed by atoms with Crippen molar-refractivity contribution in [1.29, 1.82) is 0 Å². The van der Waals surface area contributed by atoms with Crippen LogP contribution < -0.4 is 4.74 Å². The van der Waals surface area contributed by atoms with E-state index in [9.17, 15) is 0 Å². The zero-order valence-corrected chi connectivity index (χ0v) is 11.9. The van der Waals surface area contributed by atoms with Gasteiger partial charge in [0, 0.05) is 25.4 Å². The van der Waals surface area contributed by atoms with Crippen LogP contribution in [0.2, 0.25) is 0 Å². The lowest BCUT2D eigenvalue weighted by molar-refractivity contribution is 0.294. The Morgan fingerprint density at radius 1 is 1.28 bits per heavy atom. The summed E-state index contributed by atoms with van der Waals surface area (Å²) in [5.41, 5.74) is 2.78. The number of nitrogens with zero attached hydrogens (tertiary/aromatic N) is 1. The lowest BCUT2D eigenvalue weighted by atomic mass is 10.1. The van der Waals surface area contributed by atoms with Crippen LogP contribution >= 0.6 is 11.6 Å². The third-order valence-corrected chi connectivity index (χ3v) is 3.58. The zero-order valence-electron chi connectivity index (χ0n) is 11.1. The highest BCUT2D eigenvalue weighted by Crippen LogP contribution is 2.26. The molecule has 2 nitrogen and oxygen atoms in total. The van der Waals surface area contributed by atoms with E-state index in [0.717, 1.165) is 50.7 Å². The first-order valence-electron chi connectivity index (χ1n) is 6.86. The molecule has 0 unspecified atom stereocenters. The third-order valence-electron chi connectivity index (χ3n) is 3.41. The fourth-order valence-electron chi connectivity index (χ4n) is 2.45. The molecule has 0 fully saturated rings. The fourth-order valence-corrected chi connectivity index (χ4v) is 2.69.